The van der Waals surface area contributed by atoms with Crippen LogP contribution in [0, 0.1) is 11.7 Å². The highest BCUT2D eigenvalue weighted by Gasteiger charge is 2.33. The second kappa shape index (κ2) is 10.00. The SMILES string of the molecule is CCC1C=C(c2cccc(C(F)(F)F)n2)NC(=NC(C)(C)C)N=C1Nc1cc(F)cc(S(C)(=O)=O)c1. The summed E-state index contributed by atoms with van der Waals surface area (Å²) in [5, 5.41) is 5.96. The first-order valence-corrected chi connectivity index (χ1v) is 12.9. The van der Waals surface area contributed by atoms with E-state index >= 15 is 0 Å². The number of halogens is 4. The Morgan fingerprint density at radius 3 is 2.42 bits per heavy atom. The summed E-state index contributed by atoms with van der Waals surface area (Å²) >= 11 is 0. The third kappa shape index (κ3) is 7.12. The maximum absolute atomic E-state index is 14.2. The Hall–Kier alpha value is -3.28. The predicted octanol–water partition coefficient (Wildman–Crippen LogP) is 5.28. The third-order valence-corrected chi connectivity index (χ3v) is 6.05. The van der Waals surface area contributed by atoms with Crippen molar-refractivity contribution in [3.05, 3.63) is 59.7 Å². The van der Waals surface area contributed by atoms with E-state index in [1.807, 2.05) is 27.7 Å². The summed E-state index contributed by atoms with van der Waals surface area (Å²) in [4.78, 5) is 12.6. The van der Waals surface area contributed by atoms with Gasteiger partial charge in [0.1, 0.15) is 17.3 Å². The number of anilines is 1. The van der Waals surface area contributed by atoms with Gasteiger partial charge in [-0.25, -0.2) is 22.8 Å². The fraction of sp³-hybridized carbons (Fsp3) is 0.375. The number of aromatic nitrogens is 1. The number of alkyl halides is 3. The van der Waals surface area contributed by atoms with Crippen molar-refractivity contribution in [2.45, 2.75) is 50.7 Å². The van der Waals surface area contributed by atoms with Crippen LogP contribution in [0.25, 0.3) is 5.70 Å². The van der Waals surface area contributed by atoms with E-state index in [2.05, 4.69) is 25.6 Å². The van der Waals surface area contributed by atoms with Crippen LogP contribution in [0.3, 0.4) is 0 Å². The van der Waals surface area contributed by atoms with Gasteiger partial charge in [0.15, 0.2) is 9.84 Å². The van der Waals surface area contributed by atoms with Crippen molar-refractivity contribution in [2.24, 2.45) is 15.9 Å². The molecule has 0 bridgehead atoms. The normalized spacial score (nSPS) is 18.2. The van der Waals surface area contributed by atoms with Gasteiger partial charge in [0.05, 0.1) is 21.8 Å². The monoisotopic (exact) mass is 525 g/mol. The van der Waals surface area contributed by atoms with E-state index in [4.69, 9.17) is 0 Å². The molecule has 36 heavy (non-hydrogen) atoms. The standard InChI is InChI=1S/C24H27F4N5O2S/c1-6-14-10-19(18-8-7-9-20(30-18)24(26,27)28)31-22(33-23(2,3)4)32-21(14)29-16-11-15(25)12-17(13-16)36(5,34)35/h7-14H,6H2,1-5H3,(H2,29,31,32,33). The van der Waals surface area contributed by atoms with Gasteiger partial charge in [-0.3, -0.25) is 0 Å². The molecule has 2 heterocycles. The lowest BCUT2D eigenvalue weighted by Gasteiger charge is -2.17. The number of pyridine rings is 1. The first-order chi connectivity index (χ1) is 16.5. The molecule has 2 N–H and O–H groups in total. The number of hydrogen-bond donors (Lipinski definition) is 2. The fourth-order valence-corrected chi connectivity index (χ4v) is 4.03. The molecule has 0 saturated heterocycles. The highest BCUT2D eigenvalue weighted by molar-refractivity contribution is 7.90. The summed E-state index contributed by atoms with van der Waals surface area (Å²) in [6.45, 7) is 7.31. The van der Waals surface area contributed by atoms with Crippen LogP contribution in [-0.2, 0) is 16.0 Å². The molecular formula is C24H27F4N5O2S. The number of guanidine groups is 1. The van der Waals surface area contributed by atoms with Gasteiger partial charge >= 0.3 is 6.18 Å². The van der Waals surface area contributed by atoms with Crippen molar-refractivity contribution >= 4 is 33.0 Å². The Morgan fingerprint density at radius 2 is 1.83 bits per heavy atom. The summed E-state index contributed by atoms with van der Waals surface area (Å²) in [5.41, 5.74) is -1.17. The molecule has 3 rings (SSSR count). The molecule has 1 atom stereocenters. The summed E-state index contributed by atoms with van der Waals surface area (Å²) in [5.74, 6) is -0.818. The quantitative estimate of drug-likeness (QED) is 0.530. The fourth-order valence-electron chi connectivity index (χ4n) is 3.36. The molecule has 0 saturated carbocycles. The minimum absolute atomic E-state index is 0.0476. The first-order valence-electron chi connectivity index (χ1n) is 11.0. The summed E-state index contributed by atoms with van der Waals surface area (Å²) in [6, 6.07) is 6.92. The number of aliphatic imine (C=N–C) groups is 2. The zero-order valence-corrected chi connectivity index (χ0v) is 21.2. The third-order valence-electron chi connectivity index (χ3n) is 4.96. The first kappa shape index (κ1) is 27.3. The van der Waals surface area contributed by atoms with Crippen molar-refractivity contribution in [1.29, 1.82) is 0 Å². The van der Waals surface area contributed by atoms with Crippen LogP contribution in [0.1, 0.15) is 45.5 Å². The van der Waals surface area contributed by atoms with Gasteiger partial charge in [-0.2, -0.15) is 18.2 Å². The van der Waals surface area contributed by atoms with Crippen LogP contribution in [-0.4, -0.2) is 37.0 Å². The summed E-state index contributed by atoms with van der Waals surface area (Å²) in [6.07, 6.45) is -1.52. The molecule has 0 radical (unpaired) electrons. The largest absolute Gasteiger partial charge is 0.433 e. The molecule has 1 aromatic carbocycles. The molecule has 0 spiro atoms. The van der Waals surface area contributed by atoms with Crippen molar-refractivity contribution < 1.29 is 26.0 Å². The lowest BCUT2D eigenvalue weighted by Crippen LogP contribution is -2.27. The minimum Gasteiger partial charge on any atom is -0.343 e. The zero-order chi connectivity index (χ0) is 26.9. The second-order valence-electron chi connectivity index (χ2n) is 9.30. The maximum Gasteiger partial charge on any atom is 0.433 e. The van der Waals surface area contributed by atoms with Crippen molar-refractivity contribution in [3.8, 4) is 0 Å². The van der Waals surface area contributed by atoms with E-state index in [9.17, 15) is 26.0 Å². The Labute approximate surface area is 207 Å². The average molecular weight is 526 g/mol. The Kier molecular flexibility index (Phi) is 7.58. The van der Waals surface area contributed by atoms with Crippen molar-refractivity contribution in [1.82, 2.24) is 10.3 Å². The Morgan fingerprint density at radius 1 is 1.14 bits per heavy atom. The maximum atomic E-state index is 14.2. The van der Waals surface area contributed by atoms with Crippen molar-refractivity contribution in [2.75, 3.05) is 11.6 Å². The molecule has 1 unspecified atom stereocenters. The molecule has 0 fully saturated rings. The Balaban J connectivity index is 2.12. The molecule has 12 heteroatoms. The van der Waals surface area contributed by atoms with Gasteiger partial charge in [0.25, 0.3) is 0 Å². The summed E-state index contributed by atoms with van der Waals surface area (Å²) in [7, 11) is -3.68. The molecule has 1 aromatic heterocycles. The predicted molar refractivity (Wildman–Crippen MR) is 132 cm³/mol. The average Bonchev–Trinajstić information content (AvgIpc) is 2.89. The Bertz CT molecular complexity index is 1340. The van der Waals surface area contributed by atoms with Crippen LogP contribution in [0.5, 0.6) is 0 Å². The van der Waals surface area contributed by atoms with E-state index in [1.165, 1.54) is 18.2 Å². The number of nitrogens with zero attached hydrogens (tertiary/aromatic N) is 3. The van der Waals surface area contributed by atoms with Gasteiger partial charge in [0.2, 0.25) is 5.96 Å². The number of hydrogen-bond acceptors (Lipinski definition) is 5. The van der Waals surface area contributed by atoms with Gasteiger partial charge in [-0.05, 0) is 63.6 Å². The molecule has 0 amide bonds. The molecule has 1 aliphatic rings. The van der Waals surface area contributed by atoms with Crippen LogP contribution in [0.4, 0.5) is 23.2 Å². The highest BCUT2D eigenvalue weighted by Crippen LogP contribution is 2.29. The smallest absolute Gasteiger partial charge is 0.343 e. The van der Waals surface area contributed by atoms with E-state index < -0.39 is 39.0 Å². The van der Waals surface area contributed by atoms with Crippen LogP contribution < -0.4 is 10.6 Å². The van der Waals surface area contributed by atoms with Crippen LogP contribution in [0.2, 0.25) is 0 Å². The van der Waals surface area contributed by atoms with E-state index in [1.54, 1.807) is 6.08 Å². The van der Waals surface area contributed by atoms with Crippen LogP contribution in [0.15, 0.2) is 57.4 Å². The van der Waals surface area contributed by atoms with E-state index in [-0.39, 0.29) is 27.9 Å². The van der Waals surface area contributed by atoms with Gasteiger partial charge in [-0.15, -0.1) is 0 Å². The second-order valence-corrected chi connectivity index (χ2v) is 11.3. The molecule has 0 aliphatic carbocycles. The lowest BCUT2D eigenvalue weighted by molar-refractivity contribution is -0.141. The molecule has 7 nitrogen and oxygen atoms in total. The van der Waals surface area contributed by atoms with E-state index in [0.717, 1.165) is 24.5 Å². The topological polar surface area (TPSA) is 95.8 Å². The molecule has 1 aliphatic heterocycles. The summed E-state index contributed by atoms with van der Waals surface area (Å²) < 4.78 is 78.0. The number of rotatable bonds is 4. The van der Waals surface area contributed by atoms with Crippen molar-refractivity contribution in [3.63, 3.8) is 0 Å². The van der Waals surface area contributed by atoms with Gasteiger partial charge in [-0.1, -0.05) is 13.0 Å². The molecule has 194 valence electrons. The number of sulfone groups is 1. The zero-order valence-electron chi connectivity index (χ0n) is 20.4. The minimum atomic E-state index is -4.62. The van der Waals surface area contributed by atoms with Crippen LogP contribution >= 0.6 is 0 Å². The molecular weight excluding hydrogens is 498 g/mol. The number of amidine groups is 1. The lowest BCUT2D eigenvalue weighted by atomic mass is 10.0. The molecule has 2 aromatic rings. The number of benzene rings is 1. The van der Waals surface area contributed by atoms with Gasteiger partial charge < -0.3 is 10.6 Å². The number of nitrogens with one attached hydrogen (secondary N) is 2. The van der Waals surface area contributed by atoms with Gasteiger partial charge in [0, 0.05) is 17.9 Å². The highest BCUT2D eigenvalue weighted by atomic mass is 32.2. The van der Waals surface area contributed by atoms with E-state index in [0.29, 0.717) is 12.3 Å².